The van der Waals surface area contributed by atoms with Gasteiger partial charge in [0.15, 0.2) is 0 Å². The van der Waals surface area contributed by atoms with Crippen LogP contribution >= 0.6 is 11.6 Å². The highest BCUT2D eigenvalue weighted by Crippen LogP contribution is 2.34. The maximum Gasteiger partial charge on any atom is 0.137 e. The Morgan fingerprint density at radius 3 is 2.79 bits per heavy atom. The maximum absolute atomic E-state index is 6.53. The van der Waals surface area contributed by atoms with Gasteiger partial charge in [-0.15, -0.1) is 0 Å². The summed E-state index contributed by atoms with van der Waals surface area (Å²) in [5.74, 6) is 0.575. The average molecular weight is 278 g/mol. The summed E-state index contributed by atoms with van der Waals surface area (Å²) < 4.78 is 2.07. The van der Waals surface area contributed by atoms with Gasteiger partial charge in [0.25, 0.3) is 0 Å². The Hall–Kier alpha value is -1.06. The Kier molecular flexibility index (Phi) is 3.50. The second-order valence-electron chi connectivity index (χ2n) is 5.58. The number of pyridine rings is 1. The maximum atomic E-state index is 6.53. The molecule has 2 N–H and O–H groups in total. The number of aromatic nitrogens is 2. The molecule has 0 saturated heterocycles. The third-order valence-electron chi connectivity index (χ3n) is 4.28. The molecule has 1 saturated carbocycles. The molecule has 0 aliphatic heterocycles. The van der Waals surface area contributed by atoms with Gasteiger partial charge in [0.1, 0.15) is 5.65 Å². The Balaban J connectivity index is 2.02. The number of rotatable bonds is 2. The van der Waals surface area contributed by atoms with E-state index in [4.69, 9.17) is 17.3 Å². The predicted octanol–water partition coefficient (Wildman–Crippen LogP) is 3.88. The van der Waals surface area contributed by atoms with Crippen molar-refractivity contribution in [2.75, 3.05) is 0 Å². The molecule has 2 aromatic rings. The molecule has 102 valence electrons. The summed E-state index contributed by atoms with van der Waals surface area (Å²) in [6, 6.07) is 3.89. The van der Waals surface area contributed by atoms with Gasteiger partial charge in [-0.25, -0.2) is 4.98 Å². The van der Waals surface area contributed by atoms with Crippen LogP contribution in [0.2, 0.25) is 5.02 Å². The van der Waals surface area contributed by atoms with Gasteiger partial charge in [-0.1, -0.05) is 30.9 Å². The number of aryl methyl sites for hydroxylation is 1. The average Bonchev–Trinajstić information content (AvgIpc) is 2.74. The van der Waals surface area contributed by atoms with E-state index < -0.39 is 0 Å². The highest BCUT2D eigenvalue weighted by atomic mass is 35.5. The lowest BCUT2D eigenvalue weighted by atomic mass is 9.83. The minimum atomic E-state index is 0.0637. The Morgan fingerprint density at radius 1 is 1.32 bits per heavy atom. The number of hydrogen-bond acceptors (Lipinski definition) is 2. The number of nitrogens with zero attached hydrogens (tertiary/aromatic N) is 2. The number of halogens is 1. The first-order valence-electron chi connectivity index (χ1n) is 7.06. The molecule has 2 heterocycles. The number of imidazole rings is 1. The molecule has 4 heteroatoms. The number of hydrogen-bond donors (Lipinski definition) is 1. The summed E-state index contributed by atoms with van der Waals surface area (Å²) in [5.41, 5.74) is 9.62. The first-order valence-corrected chi connectivity index (χ1v) is 7.44. The van der Waals surface area contributed by atoms with Crippen molar-refractivity contribution in [3.05, 3.63) is 34.7 Å². The summed E-state index contributed by atoms with van der Waals surface area (Å²) in [6.45, 7) is 2.04. The van der Waals surface area contributed by atoms with Gasteiger partial charge in [0.05, 0.1) is 22.5 Å². The highest BCUT2D eigenvalue weighted by Gasteiger charge is 2.26. The smallest absolute Gasteiger partial charge is 0.137 e. The van der Waals surface area contributed by atoms with E-state index in [-0.39, 0.29) is 6.04 Å². The fourth-order valence-corrected chi connectivity index (χ4v) is 3.43. The van der Waals surface area contributed by atoms with E-state index in [1.165, 1.54) is 32.1 Å². The molecule has 0 bridgehead atoms. The van der Waals surface area contributed by atoms with Crippen LogP contribution in [0.5, 0.6) is 0 Å². The van der Waals surface area contributed by atoms with Crippen molar-refractivity contribution in [3.63, 3.8) is 0 Å². The summed E-state index contributed by atoms with van der Waals surface area (Å²) >= 11 is 6.10. The normalized spacial score (nSPS) is 18.9. The SMILES string of the molecule is Cc1nc2ccc(Cl)cn2c1C(N)C1CCCCC1. The van der Waals surface area contributed by atoms with Crippen molar-refractivity contribution in [2.24, 2.45) is 11.7 Å². The molecule has 19 heavy (non-hydrogen) atoms. The molecule has 1 fully saturated rings. The van der Waals surface area contributed by atoms with Crippen molar-refractivity contribution < 1.29 is 0 Å². The van der Waals surface area contributed by atoms with Gasteiger partial charge < -0.3 is 10.1 Å². The van der Waals surface area contributed by atoms with Crippen molar-refractivity contribution in [2.45, 2.75) is 45.1 Å². The molecular formula is C15H20ClN3. The topological polar surface area (TPSA) is 43.3 Å². The first kappa shape index (κ1) is 12.9. The van der Waals surface area contributed by atoms with E-state index in [2.05, 4.69) is 9.38 Å². The van der Waals surface area contributed by atoms with Crippen molar-refractivity contribution in [1.82, 2.24) is 9.38 Å². The fourth-order valence-electron chi connectivity index (χ4n) is 3.27. The van der Waals surface area contributed by atoms with Crippen LogP contribution in [-0.4, -0.2) is 9.38 Å². The summed E-state index contributed by atoms with van der Waals surface area (Å²) in [7, 11) is 0. The van der Waals surface area contributed by atoms with Gasteiger partial charge in [-0.2, -0.15) is 0 Å². The molecule has 1 unspecified atom stereocenters. The van der Waals surface area contributed by atoms with E-state index in [9.17, 15) is 0 Å². The summed E-state index contributed by atoms with van der Waals surface area (Å²) in [5, 5.41) is 0.724. The van der Waals surface area contributed by atoms with Crippen LogP contribution in [0.25, 0.3) is 5.65 Å². The zero-order valence-electron chi connectivity index (χ0n) is 11.3. The summed E-state index contributed by atoms with van der Waals surface area (Å²) in [4.78, 5) is 4.59. The zero-order valence-corrected chi connectivity index (χ0v) is 12.0. The molecule has 1 aliphatic rings. The Bertz CT molecular complexity index is 584. The van der Waals surface area contributed by atoms with Gasteiger partial charge in [0, 0.05) is 6.20 Å². The first-order chi connectivity index (χ1) is 9.16. The monoisotopic (exact) mass is 277 g/mol. The van der Waals surface area contributed by atoms with Gasteiger partial charge >= 0.3 is 0 Å². The zero-order chi connectivity index (χ0) is 13.4. The lowest BCUT2D eigenvalue weighted by Gasteiger charge is -2.27. The van der Waals surface area contributed by atoms with Crippen molar-refractivity contribution >= 4 is 17.2 Å². The van der Waals surface area contributed by atoms with Crippen molar-refractivity contribution in [1.29, 1.82) is 0 Å². The lowest BCUT2D eigenvalue weighted by Crippen LogP contribution is -2.25. The van der Waals surface area contributed by atoms with Crippen LogP contribution in [0.15, 0.2) is 18.3 Å². The molecule has 1 aliphatic carbocycles. The molecule has 3 nitrogen and oxygen atoms in total. The van der Waals surface area contributed by atoms with Crippen LogP contribution < -0.4 is 5.73 Å². The Labute approximate surface area is 118 Å². The number of nitrogens with two attached hydrogens (primary N) is 1. The third-order valence-corrected chi connectivity index (χ3v) is 4.50. The van der Waals surface area contributed by atoms with E-state index in [1.54, 1.807) is 0 Å². The van der Waals surface area contributed by atoms with E-state index in [0.29, 0.717) is 5.92 Å². The molecule has 0 amide bonds. The van der Waals surface area contributed by atoms with Crippen LogP contribution in [0.3, 0.4) is 0 Å². The van der Waals surface area contributed by atoms with Gasteiger partial charge in [-0.3, -0.25) is 0 Å². The quantitative estimate of drug-likeness (QED) is 0.905. The second kappa shape index (κ2) is 5.14. The van der Waals surface area contributed by atoms with Crippen LogP contribution in [0.4, 0.5) is 0 Å². The number of fused-ring (bicyclic) bond motifs is 1. The standard InChI is InChI=1S/C15H20ClN3/c1-10-15(14(17)11-5-3-2-4-6-11)19-9-12(16)7-8-13(19)18-10/h7-9,11,14H,2-6,17H2,1H3. The van der Waals surface area contributed by atoms with Gasteiger partial charge in [-0.05, 0) is 37.8 Å². The second-order valence-corrected chi connectivity index (χ2v) is 6.02. The molecular weight excluding hydrogens is 258 g/mol. The molecule has 2 aromatic heterocycles. The molecule has 3 rings (SSSR count). The van der Waals surface area contributed by atoms with E-state index in [1.807, 2.05) is 25.3 Å². The minimum absolute atomic E-state index is 0.0637. The molecule has 0 radical (unpaired) electrons. The largest absolute Gasteiger partial charge is 0.322 e. The highest BCUT2D eigenvalue weighted by molar-refractivity contribution is 6.30. The van der Waals surface area contributed by atoms with E-state index in [0.717, 1.165) is 22.1 Å². The van der Waals surface area contributed by atoms with Crippen LogP contribution in [0.1, 0.15) is 49.5 Å². The van der Waals surface area contributed by atoms with Gasteiger partial charge in [0.2, 0.25) is 0 Å². The minimum Gasteiger partial charge on any atom is -0.322 e. The van der Waals surface area contributed by atoms with Crippen LogP contribution in [0, 0.1) is 12.8 Å². The summed E-state index contributed by atoms with van der Waals surface area (Å²) in [6.07, 6.45) is 8.34. The molecule has 1 atom stereocenters. The molecule has 0 aromatic carbocycles. The predicted molar refractivity (Wildman–Crippen MR) is 78.4 cm³/mol. The van der Waals surface area contributed by atoms with E-state index >= 15 is 0 Å². The third kappa shape index (κ3) is 2.37. The fraction of sp³-hybridized carbons (Fsp3) is 0.533. The molecule has 0 spiro atoms. The van der Waals surface area contributed by atoms with Crippen LogP contribution in [-0.2, 0) is 0 Å². The Morgan fingerprint density at radius 2 is 2.05 bits per heavy atom. The van der Waals surface area contributed by atoms with Crippen molar-refractivity contribution in [3.8, 4) is 0 Å². The lowest BCUT2D eigenvalue weighted by molar-refractivity contribution is 0.303.